The van der Waals surface area contributed by atoms with Crippen molar-refractivity contribution >= 4 is 29.3 Å². The zero-order chi connectivity index (χ0) is 34.1. The van der Waals surface area contributed by atoms with Crippen molar-refractivity contribution < 1.29 is 28.3 Å². The highest BCUT2D eigenvalue weighted by molar-refractivity contribution is 6.01. The van der Waals surface area contributed by atoms with Gasteiger partial charge in [0.2, 0.25) is 17.7 Å². The van der Waals surface area contributed by atoms with Crippen molar-refractivity contribution in [3.8, 4) is 0 Å². The Morgan fingerprint density at radius 1 is 0.979 bits per heavy atom. The van der Waals surface area contributed by atoms with E-state index in [4.69, 9.17) is 4.74 Å². The molecule has 0 unspecified atom stereocenters. The lowest BCUT2D eigenvalue weighted by atomic mass is 9.91. The zero-order valence-electron chi connectivity index (χ0n) is 28.3. The van der Waals surface area contributed by atoms with Crippen LogP contribution in [0.15, 0.2) is 30.5 Å². The molecule has 0 bridgehead atoms. The number of hydrogen-bond donors (Lipinski definition) is 3. The Labute approximate surface area is 276 Å². The summed E-state index contributed by atoms with van der Waals surface area (Å²) >= 11 is 0. The van der Waals surface area contributed by atoms with Crippen molar-refractivity contribution in [2.24, 2.45) is 0 Å². The molecular formula is C34H50FN7O5. The number of halogens is 1. The van der Waals surface area contributed by atoms with Crippen LogP contribution in [0.1, 0.15) is 88.2 Å². The standard InChI is InChI=1S/C34H50FN7O5/c1-6-29(43)38-30(34(46)41-19-17-40(5)18-20-41)22(3)24-13-14-27(26(35)21-24)37-33(45)31(23(4)47-25-11-9-8-10-12-25)39-32(44)28-15-16-36-42(28)7-2/h13-16,21-23,25,30-31H,6-12,17-20H2,1-5H3,(H,37,45)(H,38,43)(H,39,44)/t22-,23-,30+,31+/m1/s1. The molecule has 1 aromatic heterocycles. The Hall–Kier alpha value is -3.84. The predicted molar refractivity (Wildman–Crippen MR) is 176 cm³/mol. The number of nitrogens with zero attached hydrogens (tertiary/aromatic N) is 4. The molecule has 0 radical (unpaired) electrons. The third kappa shape index (κ3) is 9.38. The van der Waals surface area contributed by atoms with Crippen LogP contribution in [0, 0.1) is 5.82 Å². The van der Waals surface area contributed by atoms with Crippen molar-refractivity contribution in [1.82, 2.24) is 30.2 Å². The number of nitrogens with one attached hydrogen (secondary N) is 3. The summed E-state index contributed by atoms with van der Waals surface area (Å²) in [6.07, 6.45) is 5.97. The van der Waals surface area contributed by atoms with E-state index in [1.54, 1.807) is 37.8 Å². The number of ether oxygens (including phenoxy) is 1. The molecule has 13 heteroatoms. The molecule has 47 heavy (non-hydrogen) atoms. The Morgan fingerprint density at radius 3 is 2.32 bits per heavy atom. The quantitative estimate of drug-likeness (QED) is 0.301. The number of aryl methyl sites for hydroxylation is 1. The summed E-state index contributed by atoms with van der Waals surface area (Å²) in [5.41, 5.74) is 0.722. The van der Waals surface area contributed by atoms with E-state index in [9.17, 15) is 19.2 Å². The van der Waals surface area contributed by atoms with Gasteiger partial charge >= 0.3 is 0 Å². The number of rotatable bonds is 13. The fourth-order valence-electron chi connectivity index (χ4n) is 6.19. The first-order valence-electron chi connectivity index (χ1n) is 16.9. The Balaban J connectivity index is 1.52. The third-order valence-electron chi connectivity index (χ3n) is 9.24. The summed E-state index contributed by atoms with van der Waals surface area (Å²) in [6, 6.07) is 3.94. The van der Waals surface area contributed by atoms with Crippen LogP contribution in [0.4, 0.5) is 10.1 Å². The first kappa shape index (κ1) is 36.0. The van der Waals surface area contributed by atoms with Crippen molar-refractivity contribution in [2.45, 2.75) is 103 Å². The number of aromatic nitrogens is 2. The summed E-state index contributed by atoms with van der Waals surface area (Å²) in [5.74, 6) is -2.84. The molecule has 1 aliphatic carbocycles. The van der Waals surface area contributed by atoms with Gasteiger partial charge in [0.1, 0.15) is 23.6 Å². The molecule has 2 heterocycles. The average molecular weight is 656 g/mol. The second-order valence-electron chi connectivity index (χ2n) is 12.6. The number of likely N-dealkylation sites (N-methyl/N-ethyl adjacent to an activating group) is 1. The van der Waals surface area contributed by atoms with Crippen molar-refractivity contribution in [3.05, 3.63) is 47.5 Å². The molecule has 258 valence electrons. The lowest BCUT2D eigenvalue weighted by molar-refractivity contribution is -0.138. The van der Waals surface area contributed by atoms with Gasteiger partial charge in [-0.2, -0.15) is 5.10 Å². The van der Waals surface area contributed by atoms with Gasteiger partial charge < -0.3 is 30.5 Å². The topological polar surface area (TPSA) is 138 Å². The first-order chi connectivity index (χ1) is 22.5. The summed E-state index contributed by atoms with van der Waals surface area (Å²) in [4.78, 5) is 56.8. The zero-order valence-corrected chi connectivity index (χ0v) is 28.3. The Kier molecular flexibility index (Phi) is 12.9. The van der Waals surface area contributed by atoms with Gasteiger partial charge in [-0.25, -0.2) is 4.39 Å². The number of anilines is 1. The van der Waals surface area contributed by atoms with Gasteiger partial charge in [0.25, 0.3) is 5.91 Å². The van der Waals surface area contributed by atoms with Gasteiger partial charge in [0.15, 0.2) is 0 Å². The maximum atomic E-state index is 15.7. The molecule has 4 rings (SSSR count). The number of carbonyl (C=O) groups excluding carboxylic acids is 4. The molecular weight excluding hydrogens is 605 g/mol. The molecule has 2 aliphatic rings. The summed E-state index contributed by atoms with van der Waals surface area (Å²) in [5, 5.41) is 12.4. The molecule has 4 atom stereocenters. The minimum absolute atomic E-state index is 0.0284. The smallest absolute Gasteiger partial charge is 0.270 e. The van der Waals surface area contributed by atoms with Gasteiger partial charge in [0.05, 0.1) is 17.9 Å². The Bertz CT molecular complexity index is 1390. The maximum Gasteiger partial charge on any atom is 0.270 e. The second-order valence-corrected chi connectivity index (χ2v) is 12.6. The molecule has 1 aromatic carbocycles. The highest BCUT2D eigenvalue weighted by atomic mass is 19.1. The number of amides is 4. The molecule has 3 N–H and O–H groups in total. The SMILES string of the molecule is CCC(=O)N[C@H](C(=O)N1CCN(C)CC1)[C@H](C)c1ccc(NC(=O)[C@@H](NC(=O)c2ccnn2CC)[C@@H](C)OC2CCCCC2)c(F)c1. The first-order valence-corrected chi connectivity index (χ1v) is 16.9. The van der Waals surface area contributed by atoms with Crippen LogP contribution in [0.3, 0.4) is 0 Å². The number of piperazine rings is 1. The van der Waals surface area contributed by atoms with Crippen LogP contribution in [0.25, 0.3) is 0 Å². The summed E-state index contributed by atoms with van der Waals surface area (Å²) in [7, 11) is 1.99. The normalized spacial score (nSPS) is 18.6. The van der Waals surface area contributed by atoms with Crippen molar-refractivity contribution in [3.63, 3.8) is 0 Å². The van der Waals surface area contributed by atoms with E-state index in [-0.39, 0.29) is 30.0 Å². The molecule has 1 saturated carbocycles. The molecule has 4 amide bonds. The summed E-state index contributed by atoms with van der Waals surface area (Å²) in [6.45, 7) is 10.1. The minimum Gasteiger partial charge on any atom is -0.373 e. The second kappa shape index (κ2) is 16.8. The van der Waals surface area contributed by atoms with Crippen LogP contribution in [0.2, 0.25) is 0 Å². The van der Waals surface area contributed by atoms with E-state index in [0.717, 1.165) is 45.2 Å². The fraction of sp³-hybridized carbons (Fsp3) is 0.618. The van der Waals surface area contributed by atoms with Crippen LogP contribution >= 0.6 is 0 Å². The minimum atomic E-state index is -1.11. The molecule has 12 nitrogen and oxygen atoms in total. The third-order valence-corrected chi connectivity index (χ3v) is 9.24. The fourth-order valence-corrected chi connectivity index (χ4v) is 6.19. The van der Waals surface area contributed by atoms with E-state index in [1.165, 1.54) is 23.0 Å². The highest BCUT2D eigenvalue weighted by Gasteiger charge is 2.34. The van der Waals surface area contributed by atoms with E-state index in [1.807, 2.05) is 14.0 Å². The molecule has 0 spiro atoms. The Morgan fingerprint density at radius 2 is 1.68 bits per heavy atom. The van der Waals surface area contributed by atoms with Gasteiger partial charge in [-0.1, -0.05) is 39.2 Å². The van der Waals surface area contributed by atoms with E-state index in [0.29, 0.717) is 30.9 Å². The van der Waals surface area contributed by atoms with Gasteiger partial charge in [-0.05, 0) is 57.5 Å². The predicted octanol–water partition coefficient (Wildman–Crippen LogP) is 3.29. The van der Waals surface area contributed by atoms with Crippen molar-refractivity contribution in [1.29, 1.82) is 0 Å². The van der Waals surface area contributed by atoms with E-state index in [2.05, 4.69) is 25.9 Å². The van der Waals surface area contributed by atoms with Gasteiger partial charge in [-0.3, -0.25) is 23.9 Å². The number of carbonyl (C=O) groups is 4. The van der Waals surface area contributed by atoms with E-state index >= 15 is 4.39 Å². The largest absolute Gasteiger partial charge is 0.373 e. The number of hydrogen-bond acceptors (Lipinski definition) is 7. The van der Waals surface area contributed by atoms with Gasteiger partial charge in [0, 0.05) is 51.3 Å². The van der Waals surface area contributed by atoms with Crippen LogP contribution < -0.4 is 16.0 Å². The lowest BCUT2D eigenvalue weighted by Crippen LogP contribution is -2.55. The molecule has 1 saturated heterocycles. The van der Waals surface area contributed by atoms with Gasteiger partial charge in [-0.15, -0.1) is 0 Å². The van der Waals surface area contributed by atoms with Crippen LogP contribution in [0.5, 0.6) is 0 Å². The van der Waals surface area contributed by atoms with Crippen LogP contribution in [-0.4, -0.2) is 101 Å². The number of benzene rings is 1. The monoisotopic (exact) mass is 655 g/mol. The van der Waals surface area contributed by atoms with Crippen LogP contribution in [-0.2, 0) is 25.7 Å². The highest BCUT2D eigenvalue weighted by Crippen LogP contribution is 2.27. The molecule has 2 aromatic rings. The molecule has 1 aliphatic heterocycles. The maximum absolute atomic E-state index is 15.7. The average Bonchev–Trinajstić information content (AvgIpc) is 3.56. The van der Waals surface area contributed by atoms with Crippen molar-refractivity contribution in [2.75, 3.05) is 38.5 Å². The van der Waals surface area contributed by atoms with E-state index < -0.39 is 41.7 Å². The molecule has 2 fully saturated rings. The summed E-state index contributed by atoms with van der Waals surface area (Å²) < 4.78 is 23.4. The lowest BCUT2D eigenvalue weighted by Gasteiger charge is -2.36.